The van der Waals surface area contributed by atoms with Crippen LogP contribution in [-0.4, -0.2) is 10.9 Å². The Balaban J connectivity index is 1.83. The van der Waals surface area contributed by atoms with E-state index >= 15 is 0 Å². The van der Waals surface area contributed by atoms with Gasteiger partial charge in [0, 0.05) is 11.2 Å². The van der Waals surface area contributed by atoms with Crippen LogP contribution in [0.2, 0.25) is 5.02 Å². The Labute approximate surface area is 169 Å². The quantitative estimate of drug-likeness (QED) is 0.482. The molecule has 0 fully saturated rings. The second kappa shape index (κ2) is 6.53. The number of fused-ring (bicyclic) bond motifs is 2. The number of anilines is 1. The summed E-state index contributed by atoms with van der Waals surface area (Å²) in [7, 11) is 0. The number of aromatic nitrogens is 1. The van der Waals surface area contributed by atoms with Crippen molar-refractivity contribution in [3.05, 3.63) is 105 Å². The number of amides is 1. The molecule has 29 heavy (non-hydrogen) atoms. The molecule has 0 radical (unpaired) electrons. The van der Waals surface area contributed by atoms with Crippen molar-refractivity contribution in [1.82, 2.24) is 4.98 Å². The number of carbonyl (C=O) groups is 1. The molecule has 1 aliphatic heterocycles. The summed E-state index contributed by atoms with van der Waals surface area (Å²) in [6, 6.07) is 14.9. The second-order valence-electron chi connectivity index (χ2n) is 6.63. The molecule has 0 spiro atoms. The van der Waals surface area contributed by atoms with E-state index < -0.39 is 23.2 Å². The summed E-state index contributed by atoms with van der Waals surface area (Å²) in [4.78, 5) is 32.2. The predicted octanol–water partition coefficient (Wildman–Crippen LogP) is 4.73. The van der Waals surface area contributed by atoms with Gasteiger partial charge in [0.2, 0.25) is 5.76 Å². The molecule has 5 rings (SSSR count). The monoisotopic (exact) mass is 406 g/mol. The maximum Gasteiger partial charge on any atom is 0.296 e. The van der Waals surface area contributed by atoms with Crippen LogP contribution in [0.1, 0.15) is 27.7 Å². The molecule has 2 aromatic heterocycles. The van der Waals surface area contributed by atoms with Crippen molar-refractivity contribution in [1.29, 1.82) is 0 Å². The first-order valence-corrected chi connectivity index (χ1v) is 9.19. The van der Waals surface area contributed by atoms with Crippen molar-refractivity contribution in [2.24, 2.45) is 0 Å². The van der Waals surface area contributed by atoms with E-state index in [9.17, 15) is 14.0 Å². The Morgan fingerprint density at radius 1 is 1.03 bits per heavy atom. The molecule has 0 bridgehead atoms. The summed E-state index contributed by atoms with van der Waals surface area (Å²) in [6.45, 7) is 0. The van der Waals surface area contributed by atoms with Gasteiger partial charge in [-0.3, -0.25) is 14.5 Å². The summed E-state index contributed by atoms with van der Waals surface area (Å²) < 4.78 is 19.5. The zero-order valence-electron chi connectivity index (χ0n) is 14.8. The number of hydrogen-bond acceptors (Lipinski definition) is 4. The molecular formula is C22H12ClFN2O3. The smallest absolute Gasteiger partial charge is 0.296 e. The van der Waals surface area contributed by atoms with Crippen LogP contribution in [-0.2, 0) is 0 Å². The molecule has 0 N–H and O–H groups in total. The van der Waals surface area contributed by atoms with Gasteiger partial charge in [-0.05, 0) is 48.0 Å². The maximum absolute atomic E-state index is 13.8. The summed E-state index contributed by atoms with van der Waals surface area (Å²) in [5.74, 6) is -0.737. The number of hydrogen-bond donors (Lipinski definition) is 0. The fourth-order valence-electron chi connectivity index (χ4n) is 3.64. The van der Waals surface area contributed by atoms with Crippen LogP contribution >= 0.6 is 11.6 Å². The van der Waals surface area contributed by atoms with Gasteiger partial charge in [0.1, 0.15) is 17.2 Å². The fourth-order valence-corrected chi connectivity index (χ4v) is 3.76. The van der Waals surface area contributed by atoms with Gasteiger partial charge in [-0.1, -0.05) is 29.8 Å². The first-order chi connectivity index (χ1) is 14.0. The fraction of sp³-hybridized carbons (Fsp3) is 0.0455. The predicted molar refractivity (Wildman–Crippen MR) is 107 cm³/mol. The zero-order valence-corrected chi connectivity index (χ0v) is 15.6. The van der Waals surface area contributed by atoms with Crippen molar-refractivity contribution < 1.29 is 13.6 Å². The van der Waals surface area contributed by atoms with Gasteiger partial charge in [-0.15, -0.1) is 0 Å². The molecule has 142 valence electrons. The molecule has 0 saturated heterocycles. The van der Waals surface area contributed by atoms with Gasteiger partial charge in [0.05, 0.1) is 17.0 Å². The van der Waals surface area contributed by atoms with Crippen LogP contribution in [0.25, 0.3) is 11.0 Å². The summed E-state index contributed by atoms with van der Waals surface area (Å²) in [5, 5.41) is 0.605. The molecule has 0 aliphatic carbocycles. The Morgan fingerprint density at radius 2 is 1.83 bits per heavy atom. The lowest BCUT2D eigenvalue weighted by atomic mass is 9.98. The van der Waals surface area contributed by atoms with Gasteiger partial charge in [-0.2, -0.15) is 0 Å². The van der Waals surface area contributed by atoms with Crippen molar-refractivity contribution in [3.63, 3.8) is 0 Å². The molecule has 7 heteroatoms. The second-order valence-corrected chi connectivity index (χ2v) is 7.07. The molecule has 1 aliphatic rings. The third-order valence-electron chi connectivity index (χ3n) is 4.91. The lowest BCUT2D eigenvalue weighted by Crippen LogP contribution is -2.30. The number of halogens is 2. The molecule has 5 nitrogen and oxygen atoms in total. The van der Waals surface area contributed by atoms with Crippen molar-refractivity contribution in [2.75, 3.05) is 4.90 Å². The minimum atomic E-state index is -0.770. The summed E-state index contributed by atoms with van der Waals surface area (Å²) >= 11 is 6.01. The van der Waals surface area contributed by atoms with Crippen molar-refractivity contribution >= 4 is 34.3 Å². The Hall–Kier alpha value is -3.51. The highest BCUT2D eigenvalue weighted by molar-refractivity contribution is 6.30. The largest absolute Gasteiger partial charge is 0.450 e. The minimum absolute atomic E-state index is 0.0697. The first kappa shape index (κ1) is 17.6. The van der Waals surface area contributed by atoms with E-state index in [-0.39, 0.29) is 22.3 Å². The van der Waals surface area contributed by atoms with Crippen LogP contribution in [0.3, 0.4) is 0 Å². The van der Waals surface area contributed by atoms with E-state index in [1.54, 1.807) is 48.7 Å². The Bertz CT molecular complexity index is 1320. The maximum atomic E-state index is 13.8. The topological polar surface area (TPSA) is 63.4 Å². The third kappa shape index (κ3) is 2.72. The number of carbonyl (C=O) groups excluding carboxylic acids is 1. The zero-order chi connectivity index (χ0) is 20.1. The third-order valence-corrected chi connectivity index (χ3v) is 5.17. The lowest BCUT2D eigenvalue weighted by molar-refractivity contribution is 0.0970. The Kier molecular flexibility index (Phi) is 3.96. The van der Waals surface area contributed by atoms with Crippen LogP contribution in [0.5, 0.6) is 0 Å². The molecule has 2 aromatic carbocycles. The summed E-state index contributed by atoms with van der Waals surface area (Å²) in [6.07, 6.45) is 1.56. The van der Waals surface area contributed by atoms with Crippen molar-refractivity contribution in [2.45, 2.75) is 6.04 Å². The van der Waals surface area contributed by atoms with Crippen molar-refractivity contribution in [3.8, 4) is 0 Å². The van der Waals surface area contributed by atoms with Gasteiger partial charge < -0.3 is 4.42 Å². The van der Waals surface area contributed by atoms with Crippen LogP contribution < -0.4 is 10.3 Å². The number of pyridine rings is 1. The van der Waals surface area contributed by atoms with E-state index in [0.29, 0.717) is 16.4 Å². The minimum Gasteiger partial charge on any atom is -0.450 e. The SMILES string of the molecule is O=C1c2oc3ccc(F)cc3c(=O)c2C(c2ccc(Cl)cc2)N1c1ccccn1. The molecule has 4 aromatic rings. The van der Waals surface area contributed by atoms with Gasteiger partial charge in [0.25, 0.3) is 5.91 Å². The van der Waals surface area contributed by atoms with Crippen LogP contribution in [0.4, 0.5) is 10.2 Å². The van der Waals surface area contributed by atoms with E-state index in [1.807, 2.05) is 0 Å². The van der Waals surface area contributed by atoms with Crippen LogP contribution in [0.15, 0.2) is 76.1 Å². The number of benzene rings is 2. The highest BCUT2D eigenvalue weighted by Crippen LogP contribution is 2.40. The molecule has 1 unspecified atom stereocenters. The summed E-state index contributed by atoms with van der Waals surface area (Å²) in [5.41, 5.74) is 0.519. The first-order valence-electron chi connectivity index (χ1n) is 8.81. The Morgan fingerprint density at radius 3 is 2.55 bits per heavy atom. The van der Waals surface area contributed by atoms with E-state index in [0.717, 1.165) is 6.07 Å². The van der Waals surface area contributed by atoms with Crippen LogP contribution in [0, 0.1) is 5.82 Å². The highest BCUT2D eigenvalue weighted by Gasteiger charge is 2.44. The van der Waals surface area contributed by atoms with E-state index in [4.69, 9.17) is 16.0 Å². The molecule has 0 saturated carbocycles. The molecular weight excluding hydrogens is 395 g/mol. The van der Waals surface area contributed by atoms with Gasteiger partial charge >= 0.3 is 0 Å². The van der Waals surface area contributed by atoms with E-state index in [2.05, 4.69) is 4.98 Å². The number of nitrogens with zero attached hydrogens (tertiary/aromatic N) is 2. The van der Waals surface area contributed by atoms with E-state index in [1.165, 1.54) is 17.0 Å². The van der Waals surface area contributed by atoms with Gasteiger partial charge in [0.15, 0.2) is 5.43 Å². The highest BCUT2D eigenvalue weighted by atomic mass is 35.5. The molecule has 3 heterocycles. The molecule has 1 amide bonds. The standard InChI is InChI=1S/C22H12ClFN2O3/c23-13-6-4-12(5-7-13)19-18-20(27)15-11-14(24)8-9-16(15)29-21(18)22(28)26(19)17-3-1-2-10-25-17/h1-11,19H. The average Bonchev–Trinajstić information content (AvgIpc) is 3.03. The number of rotatable bonds is 2. The molecule has 1 atom stereocenters. The lowest BCUT2D eigenvalue weighted by Gasteiger charge is -2.24. The normalized spacial score (nSPS) is 15.7. The average molecular weight is 407 g/mol. The van der Waals surface area contributed by atoms with Gasteiger partial charge in [-0.25, -0.2) is 9.37 Å².